The SMILES string of the molecule is CCn1c(NCc2ccc(OCc3cccnc3)cc2)nc2cc(F)ccc21. The van der Waals surface area contributed by atoms with Crippen LogP contribution in [0.1, 0.15) is 18.1 Å². The molecule has 142 valence electrons. The van der Waals surface area contributed by atoms with Crippen molar-refractivity contribution in [3.8, 4) is 5.75 Å². The van der Waals surface area contributed by atoms with Crippen molar-refractivity contribution in [1.29, 1.82) is 0 Å². The first-order valence-electron chi connectivity index (χ1n) is 9.23. The van der Waals surface area contributed by atoms with Gasteiger partial charge in [-0.2, -0.15) is 0 Å². The monoisotopic (exact) mass is 376 g/mol. The third-order valence-electron chi connectivity index (χ3n) is 4.53. The van der Waals surface area contributed by atoms with Crippen LogP contribution in [0.25, 0.3) is 11.0 Å². The van der Waals surface area contributed by atoms with E-state index in [0.717, 1.165) is 34.9 Å². The van der Waals surface area contributed by atoms with Gasteiger partial charge in [-0.25, -0.2) is 9.37 Å². The van der Waals surface area contributed by atoms with Crippen LogP contribution in [-0.4, -0.2) is 14.5 Å². The van der Waals surface area contributed by atoms with Crippen LogP contribution in [-0.2, 0) is 19.7 Å². The third kappa shape index (κ3) is 3.96. The van der Waals surface area contributed by atoms with E-state index in [-0.39, 0.29) is 5.82 Å². The summed E-state index contributed by atoms with van der Waals surface area (Å²) in [5.41, 5.74) is 3.71. The minimum Gasteiger partial charge on any atom is -0.489 e. The zero-order valence-corrected chi connectivity index (χ0v) is 15.6. The average molecular weight is 376 g/mol. The van der Waals surface area contributed by atoms with Gasteiger partial charge in [0.1, 0.15) is 18.2 Å². The number of rotatable bonds is 7. The molecule has 4 rings (SSSR count). The van der Waals surface area contributed by atoms with Gasteiger partial charge < -0.3 is 14.6 Å². The summed E-state index contributed by atoms with van der Waals surface area (Å²) in [4.78, 5) is 8.60. The summed E-state index contributed by atoms with van der Waals surface area (Å²) >= 11 is 0. The van der Waals surface area contributed by atoms with Crippen molar-refractivity contribution in [2.45, 2.75) is 26.6 Å². The summed E-state index contributed by atoms with van der Waals surface area (Å²) in [6, 6.07) is 16.5. The molecule has 6 heteroatoms. The minimum absolute atomic E-state index is 0.276. The highest BCUT2D eigenvalue weighted by Gasteiger charge is 2.10. The van der Waals surface area contributed by atoms with Crippen LogP contribution < -0.4 is 10.1 Å². The van der Waals surface area contributed by atoms with Crippen molar-refractivity contribution in [1.82, 2.24) is 14.5 Å². The average Bonchev–Trinajstić information content (AvgIpc) is 3.08. The number of fused-ring (bicyclic) bond motifs is 1. The van der Waals surface area contributed by atoms with Crippen molar-refractivity contribution in [3.05, 3.63) is 83.9 Å². The summed E-state index contributed by atoms with van der Waals surface area (Å²) in [6.45, 7) is 3.91. The van der Waals surface area contributed by atoms with E-state index in [0.29, 0.717) is 18.7 Å². The molecule has 0 bridgehead atoms. The standard InChI is InChI=1S/C22H21FN4O/c1-2-27-21-10-7-18(23)12-20(21)26-22(27)25-14-16-5-8-19(9-6-16)28-15-17-4-3-11-24-13-17/h3-13H,2,14-15H2,1H3,(H,25,26). The largest absolute Gasteiger partial charge is 0.489 e. The fourth-order valence-corrected chi connectivity index (χ4v) is 3.09. The number of nitrogens with zero attached hydrogens (tertiary/aromatic N) is 3. The van der Waals surface area contributed by atoms with E-state index in [1.807, 2.05) is 47.9 Å². The number of ether oxygens (including phenoxy) is 1. The molecule has 4 aromatic rings. The Kier molecular flexibility index (Phi) is 5.19. The highest BCUT2D eigenvalue weighted by Crippen LogP contribution is 2.21. The van der Waals surface area contributed by atoms with Gasteiger partial charge in [0, 0.05) is 37.1 Å². The first-order chi connectivity index (χ1) is 13.7. The molecule has 2 aromatic heterocycles. The van der Waals surface area contributed by atoms with Crippen molar-refractivity contribution in [2.24, 2.45) is 0 Å². The lowest BCUT2D eigenvalue weighted by atomic mass is 10.2. The quantitative estimate of drug-likeness (QED) is 0.504. The number of hydrogen-bond acceptors (Lipinski definition) is 4. The van der Waals surface area contributed by atoms with Gasteiger partial charge >= 0.3 is 0 Å². The molecule has 0 saturated carbocycles. The van der Waals surface area contributed by atoms with Gasteiger partial charge in [-0.15, -0.1) is 0 Å². The van der Waals surface area contributed by atoms with Gasteiger partial charge in [0.15, 0.2) is 0 Å². The van der Waals surface area contributed by atoms with E-state index in [4.69, 9.17) is 4.74 Å². The maximum atomic E-state index is 13.5. The van der Waals surface area contributed by atoms with Gasteiger partial charge in [-0.05, 0) is 42.8 Å². The van der Waals surface area contributed by atoms with Crippen molar-refractivity contribution in [2.75, 3.05) is 5.32 Å². The highest BCUT2D eigenvalue weighted by molar-refractivity contribution is 5.78. The zero-order valence-electron chi connectivity index (χ0n) is 15.6. The molecule has 0 amide bonds. The minimum atomic E-state index is -0.276. The van der Waals surface area contributed by atoms with Crippen LogP contribution in [0.4, 0.5) is 10.3 Å². The smallest absolute Gasteiger partial charge is 0.204 e. The Morgan fingerprint density at radius 2 is 1.93 bits per heavy atom. The second-order valence-corrected chi connectivity index (χ2v) is 6.46. The van der Waals surface area contributed by atoms with Crippen LogP contribution in [0.15, 0.2) is 67.0 Å². The Labute approximate surface area is 162 Å². The van der Waals surface area contributed by atoms with Gasteiger partial charge in [-0.1, -0.05) is 18.2 Å². The molecule has 0 aliphatic carbocycles. The third-order valence-corrected chi connectivity index (χ3v) is 4.53. The lowest BCUT2D eigenvalue weighted by molar-refractivity contribution is 0.305. The van der Waals surface area contributed by atoms with Crippen LogP contribution >= 0.6 is 0 Å². The molecule has 2 aromatic carbocycles. The highest BCUT2D eigenvalue weighted by atomic mass is 19.1. The van der Waals surface area contributed by atoms with E-state index >= 15 is 0 Å². The Morgan fingerprint density at radius 3 is 2.68 bits per heavy atom. The van der Waals surface area contributed by atoms with Crippen LogP contribution in [0.2, 0.25) is 0 Å². The number of imidazole rings is 1. The molecule has 0 unspecified atom stereocenters. The molecule has 28 heavy (non-hydrogen) atoms. The molecular formula is C22H21FN4O. The molecular weight excluding hydrogens is 355 g/mol. The summed E-state index contributed by atoms with van der Waals surface area (Å²) in [5.74, 6) is 1.27. The fraction of sp³-hybridized carbons (Fsp3) is 0.182. The van der Waals surface area contributed by atoms with Crippen LogP contribution in [0.5, 0.6) is 5.75 Å². The molecule has 0 spiro atoms. The second kappa shape index (κ2) is 8.08. The molecule has 0 atom stereocenters. The molecule has 0 aliphatic heterocycles. The summed E-state index contributed by atoms with van der Waals surface area (Å²) in [6.07, 6.45) is 3.54. The van der Waals surface area contributed by atoms with E-state index in [1.165, 1.54) is 12.1 Å². The molecule has 1 N–H and O–H groups in total. The number of aryl methyl sites for hydroxylation is 1. The predicted molar refractivity (Wildman–Crippen MR) is 108 cm³/mol. The van der Waals surface area contributed by atoms with Crippen LogP contribution in [0, 0.1) is 5.82 Å². The van der Waals surface area contributed by atoms with Crippen molar-refractivity contribution >= 4 is 17.0 Å². The zero-order chi connectivity index (χ0) is 19.3. The number of halogens is 1. The molecule has 2 heterocycles. The van der Waals surface area contributed by atoms with Crippen molar-refractivity contribution in [3.63, 3.8) is 0 Å². The van der Waals surface area contributed by atoms with Gasteiger partial charge in [0.2, 0.25) is 5.95 Å². The molecule has 5 nitrogen and oxygen atoms in total. The number of nitrogens with one attached hydrogen (secondary N) is 1. The summed E-state index contributed by atoms with van der Waals surface area (Å²) in [7, 11) is 0. The van der Waals surface area contributed by atoms with Gasteiger partial charge in [-0.3, -0.25) is 4.98 Å². The Balaban J connectivity index is 1.40. The van der Waals surface area contributed by atoms with Gasteiger partial charge in [0.25, 0.3) is 0 Å². The maximum Gasteiger partial charge on any atom is 0.204 e. The van der Waals surface area contributed by atoms with E-state index in [1.54, 1.807) is 18.5 Å². The first kappa shape index (κ1) is 18.0. The number of anilines is 1. The van der Waals surface area contributed by atoms with E-state index in [2.05, 4.69) is 15.3 Å². The maximum absolute atomic E-state index is 13.5. The van der Waals surface area contributed by atoms with Crippen LogP contribution in [0.3, 0.4) is 0 Å². The second-order valence-electron chi connectivity index (χ2n) is 6.46. The van der Waals surface area contributed by atoms with Crippen molar-refractivity contribution < 1.29 is 9.13 Å². The number of hydrogen-bond donors (Lipinski definition) is 1. The Morgan fingerprint density at radius 1 is 1.07 bits per heavy atom. The summed E-state index contributed by atoms with van der Waals surface area (Å²) < 4.78 is 21.3. The Hall–Kier alpha value is -3.41. The number of benzene rings is 2. The Bertz CT molecular complexity index is 1060. The molecule has 0 saturated heterocycles. The predicted octanol–water partition coefficient (Wildman–Crippen LogP) is 4.78. The fourth-order valence-electron chi connectivity index (χ4n) is 3.09. The lowest BCUT2D eigenvalue weighted by Gasteiger charge is -2.10. The molecule has 0 fully saturated rings. The normalized spacial score (nSPS) is 10.9. The molecule has 0 aliphatic rings. The summed E-state index contributed by atoms with van der Waals surface area (Å²) in [5, 5.41) is 3.35. The van der Waals surface area contributed by atoms with Gasteiger partial charge in [0.05, 0.1) is 11.0 Å². The van der Waals surface area contributed by atoms with E-state index in [9.17, 15) is 4.39 Å². The topological polar surface area (TPSA) is 52.0 Å². The first-order valence-corrected chi connectivity index (χ1v) is 9.23. The lowest BCUT2D eigenvalue weighted by Crippen LogP contribution is -2.06. The van der Waals surface area contributed by atoms with E-state index < -0.39 is 0 Å². The molecule has 0 radical (unpaired) electrons. The number of aromatic nitrogens is 3. The number of pyridine rings is 1.